The molecule has 18 heteroatoms. The van der Waals surface area contributed by atoms with Gasteiger partial charge in [-0.05, 0) is 32.8 Å². The smallest absolute Gasteiger partial charge is 0.454 e. The topological polar surface area (TPSA) is 214 Å². The van der Waals surface area contributed by atoms with Crippen LogP contribution in [0.2, 0.25) is 0 Å². The number of piperidine rings is 1. The van der Waals surface area contributed by atoms with E-state index < -0.39 is 76.6 Å². The molecule has 1 aromatic carbocycles. The number of amides is 2. The van der Waals surface area contributed by atoms with Gasteiger partial charge in [0.1, 0.15) is 41.6 Å². The zero-order valence-electron chi connectivity index (χ0n) is 43.1. The molecule has 388 valence electrons. The predicted octanol–water partition coefficient (Wildman–Crippen LogP) is 7.24. The second kappa shape index (κ2) is 19.5. The van der Waals surface area contributed by atoms with Gasteiger partial charge in [0.15, 0.2) is 11.5 Å². The maximum Gasteiger partial charge on any atom is 0.514 e. The van der Waals surface area contributed by atoms with Gasteiger partial charge in [0.05, 0.1) is 41.4 Å². The van der Waals surface area contributed by atoms with Crippen molar-refractivity contribution in [1.82, 2.24) is 15.1 Å². The molecule has 1 aromatic rings. The number of ether oxygens (including phenoxy) is 8. The highest BCUT2D eigenvalue weighted by Gasteiger charge is 2.80. The number of likely N-dealkylation sites (tertiary alicyclic amines) is 1. The fourth-order valence-electron chi connectivity index (χ4n) is 11.7. The molecule has 7 bridgehead atoms. The number of hydrogen-bond donors (Lipinski definition) is 2. The lowest BCUT2D eigenvalue weighted by Gasteiger charge is -2.43. The molecule has 3 fully saturated rings. The molecule has 72 heavy (non-hydrogen) atoms. The summed E-state index contributed by atoms with van der Waals surface area (Å²) in [6, 6.07) is 0. The number of methoxy groups -OCH3 is 1. The number of carbonyl (C=O) groups excluding carboxylic acids is 5. The Morgan fingerprint density at radius 3 is 2.32 bits per heavy atom. The summed E-state index contributed by atoms with van der Waals surface area (Å²) in [5.41, 5.74) is -3.06. The van der Waals surface area contributed by atoms with Gasteiger partial charge in [-0.2, -0.15) is 0 Å². The van der Waals surface area contributed by atoms with Gasteiger partial charge in [-0.25, -0.2) is 14.5 Å². The number of allylic oxidation sites excluding steroid dienone is 4. The highest BCUT2D eigenvalue weighted by molar-refractivity contribution is 6.35. The van der Waals surface area contributed by atoms with Crippen LogP contribution in [0.1, 0.15) is 107 Å². The zero-order chi connectivity index (χ0) is 52.4. The number of aliphatic hydroxyl groups is 1. The molecule has 8 aliphatic rings. The molecule has 7 heterocycles. The van der Waals surface area contributed by atoms with Crippen LogP contribution in [-0.2, 0) is 33.2 Å². The van der Waals surface area contributed by atoms with Gasteiger partial charge in [0.25, 0.3) is 11.7 Å². The number of aliphatic imine (C=N–C) groups is 1. The number of epoxide rings is 1. The Hall–Kier alpha value is -5.92. The molecule has 7 aliphatic heterocycles. The molecular weight excluding hydrogens is 929 g/mol. The minimum atomic E-state index is -2.11. The van der Waals surface area contributed by atoms with E-state index in [2.05, 4.69) is 37.2 Å². The van der Waals surface area contributed by atoms with E-state index in [9.17, 15) is 19.5 Å². The molecule has 2 spiro atoms. The van der Waals surface area contributed by atoms with Crippen molar-refractivity contribution in [2.75, 3.05) is 40.0 Å². The summed E-state index contributed by atoms with van der Waals surface area (Å²) in [6.45, 7) is 27.1. The van der Waals surface area contributed by atoms with Crippen molar-refractivity contribution in [3.8, 4) is 11.5 Å². The number of fused-ring (bicyclic) bond motifs is 9. The first-order chi connectivity index (χ1) is 34.0. The Bertz CT molecular complexity index is 2620. The van der Waals surface area contributed by atoms with Crippen LogP contribution < -0.4 is 14.8 Å². The van der Waals surface area contributed by atoms with Crippen LogP contribution in [0.3, 0.4) is 0 Å². The molecule has 1 unspecified atom stereocenters. The summed E-state index contributed by atoms with van der Waals surface area (Å²) in [6.07, 6.45) is 7.27. The summed E-state index contributed by atoms with van der Waals surface area (Å²) >= 11 is 0. The molecule has 0 aromatic heterocycles. The molecule has 18 nitrogen and oxygen atoms in total. The lowest BCUT2D eigenvalue weighted by atomic mass is 9.72. The molecular formula is C54H68N4O14. The normalized spacial score (nSPS) is 34.5. The summed E-state index contributed by atoms with van der Waals surface area (Å²) in [7, 11) is 1.50. The first-order valence-corrected chi connectivity index (χ1v) is 24.7. The van der Waals surface area contributed by atoms with Crippen molar-refractivity contribution in [2.24, 2.45) is 34.6 Å². The molecule has 9 rings (SSSR count). The van der Waals surface area contributed by atoms with Crippen molar-refractivity contribution < 1.29 is 67.0 Å². The second-order valence-electron chi connectivity index (χ2n) is 20.7. The van der Waals surface area contributed by atoms with Gasteiger partial charge in [-0.1, -0.05) is 85.1 Å². The average Bonchev–Trinajstić information content (AvgIpc) is 3.56. The van der Waals surface area contributed by atoms with Crippen LogP contribution in [0, 0.1) is 36.5 Å². The summed E-state index contributed by atoms with van der Waals surface area (Å²) in [5, 5.41) is 14.8. The largest absolute Gasteiger partial charge is 0.514 e. The summed E-state index contributed by atoms with van der Waals surface area (Å²) < 4.78 is 48.4. The number of nitrogens with one attached hydrogen (secondary N) is 1. The Kier molecular flexibility index (Phi) is 14.2. The van der Waals surface area contributed by atoms with Gasteiger partial charge >= 0.3 is 18.0 Å². The van der Waals surface area contributed by atoms with E-state index in [0.717, 1.165) is 6.54 Å². The predicted molar refractivity (Wildman–Crippen MR) is 263 cm³/mol. The van der Waals surface area contributed by atoms with E-state index in [4.69, 9.17) is 42.9 Å². The third-order valence-corrected chi connectivity index (χ3v) is 15.5. The quantitative estimate of drug-likeness (QED) is 0.114. The molecule has 2 amide bonds. The van der Waals surface area contributed by atoms with Gasteiger partial charge in [0, 0.05) is 86.9 Å². The SMILES string of the molecule is C=CCOC(=O)Oc1c(C)c2c3c4c1C(=O)C(=C1C4=NC4(CCN(CC(C)C)CC4)N1C(=O)OCC=C)NC(=O)/C(C)=C\C=C\[C@H](C)[C@@H]1OC4(C)O[C@]4([C@@H]1C)[C@@H](C)[C@H](O)[C@H](C)[C@@H](OC)/C=C/O[C@@](C)(O2)C3=O. The van der Waals surface area contributed by atoms with Crippen LogP contribution in [0.25, 0.3) is 0 Å². The lowest BCUT2D eigenvalue weighted by molar-refractivity contribution is -0.116. The maximum absolute atomic E-state index is 15.7. The lowest BCUT2D eigenvalue weighted by Crippen LogP contribution is -2.55. The van der Waals surface area contributed by atoms with E-state index in [-0.39, 0.29) is 100 Å². The third-order valence-electron chi connectivity index (χ3n) is 15.5. The molecule has 0 saturated carbocycles. The van der Waals surface area contributed by atoms with Crippen LogP contribution in [-0.4, -0.2) is 131 Å². The zero-order valence-corrected chi connectivity index (χ0v) is 43.1. The summed E-state index contributed by atoms with van der Waals surface area (Å²) in [5.74, 6) is -6.82. The Morgan fingerprint density at radius 2 is 1.67 bits per heavy atom. The highest BCUT2D eigenvalue weighted by Crippen LogP contribution is 2.66. The monoisotopic (exact) mass is 996 g/mol. The number of benzene rings is 1. The summed E-state index contributed by atoms with van der Waals surface area (Å²) in [4.78, 5) is 82.5. The Labute approximate surface area is 420 Å². The minimum Gasteiger partial charge on any atom is -0.454 e. The number of nitrogens with zero attached hydrogens (tertiary/aromatic N) is 3. The van der Waals surface area contributed by atoms with Gasteiger partial charge < -0.3 is 53.2 Å². The fraction of sp³-hybridized carbons (Fsp3) is 0.556. The van der Waals surface area contributed by atoms with Crippen LogP contribution in [0.5, 0.6) is 11.5 Å². The number of carbonyl (C=O) groups is 5. The number of Topliss-reactive ketones (excluding diaryl/α,β-unsaturated/α-hetero) is 2. The fourth-order valence-corrected chi connectivity index (χ4v) is 11.7. The third kappa shape index (κ3) is 8.51. The molecule has 3 saturated heterocycles. The minimum absolute atomic E-state index is 0.0227. The van der Waals surface area contributed by atoms with Crippen molar-refractivity contribution in [3.63, 3.8) is 0 Å². The molecule has 1 aliphatic carbocycles. The average molecular weight is 997 g/mol. The van der Waals surface area contributed by atoms with Gasteiger partial charge in [-0.15, -0.1) is 0 Å². The second-order valence-corrected chi connectivity index (χ2v) is 20.7. The molecule has 0 radical (unpaired) electrons. The van der Waals surface area contributed by atoms with Gasteiger partial charge in [-0.3, -0.25) is 19.4 Å². The van der Waals surface area contributed by atoms with E-state index in [1.54, 1.807) is 25.2 Å². The van der Waals surface area contributed by atoms with E-state index in [0.29, 0.717) is 19.0 Å². The van der Waals surface area contributed by atoms with E-state index >= 15 is 9.59 Å². The number of aliphatic hydroxyl groups excluding tert-OH is 1. The Balaban J connectivity index is 1.34. The van der Waals surface area contributed by atoms with E-state index in [1.165, 1.54) is 44.3 Å². The number of ketones is 2. The first kappa shape index (κ1) is 52.4. The van der Waals surface area contributed by atoms with Gasteiger partial charge in [0.2, 0.25) is 5.78 Å². The van der Waals surface area contributed by atoms with E-state index in [1.807, 2.05) is 40.7 Å². The van der Waals surface area contributed by atoms with Crippen molar-refractivity contribution in [3.05, 3.63) is 95.1 Å². The van der Waals surface area contributed by atoms with Crippen molar-refractivity contribution in [1.29, 1.82) is 0 Å². The van der Waals surface area contributed by atoms with Crippen LogP contribution in [0.4, 0.5) is 9.59 Å². The highest BCUT2D eigenvalue weighted by atomic mass is 16.8. The standard InChI is InChI=1S/C54H68N4O14/c1-14-24-66-49(63)58-41-39(56-53(58)20-22-57(23-21-53)27-28(3)4)36-37-43(60)40(41)55-48(62)30(6)18-16-17-29(5)44-34(10)54(52(12,71-44)72-54)33(9)42(59)31(7)35(65-13)19-26-68-51(11)47(61)38(36)46(70-51)32(8)45(37)69-50(64)67-25-15-2/h14-19,26,28-29,31,33-35,42,44,59H,1-2,20-25,27H2,3-13H3,(H,55,62)/b17-16+,26-19+,30-18-/t29-,31+,33-,34+,35-,42+,44-,51-,52?,54-/m0/s1. The number of rotatable bonds is 8. The molecule has 2 N–H and O–H groups in total. The van der Waals surface area contributed by atoms with Crippen LogP contribution >= 0.6 is 0 Å². The maximum atomic E-state index is 15.7. The van der Waals surface area contributed by atoms with Crippen molar-refractivity contribution >= 4 is 35.4 Å². The van der Waals surface area contributed by atoms with Crippen molar-refractivity contribution in [2.45, 2.75) is 123 Å². The molecule has 10 atom stereocenters. The Morgan fingerprint density at radius 1 is 0.986 bits per heavy atom. The first-order valence-electron chi connectivity index (χ1n) is 24.7. The number of hydrogen-bond acceptors (Lipinski definition) is 16. The van der Waals surface area contributed by atoms with Crippen LogP contribution in [0.15, 0.2) is 77.8 Å².